The Morgan fingerprint density at radius 3 is 2.35 bits per heavy atom. The van der Waals surface area contributed by atoms with Crippen molar-refractivity contribution >= 4 is 5.91 Å². The van der Waals surface area contributed by atoms with Gasteiger partial charge in [-0.25, -0.2) is 4.39 Å². The molecule has 0 aromatic heterocycles. The molecule has 1 aromatic rings. The molecular weight excluding hydrogens is 255 g/mol. The van der Waals surface area contributed by atoms with Crippen molar-refractivity contribution in [1.82, 2.24) is 5.32 Å². The highest BCUT2D eigenvalue weighted by Crippen LogP contribution is 2.37. The average Bonchev–Trinajstić information content (AvgIpc) is 2.35. The Morgan fingerprint density at radius 1 is 1.30 bits per heavy atom. The zero-order chi connectivity index (χ0) is 14.7. The molecule has 1 aliphatic rings. The first kappa shape index (κ1) is 15.0. The predicted octanol–water partition coefficient (Wildman–Crippen LogP) is 2.77. The third-order valence-corrected chi connectivity index (χ3v) is 4.35. The second kappa shape index (κ2) is 6.35. The van der Waals surface area contributed by atoms with Crippen LogP contribution in [0.15, 0.2) is 24.3 Å². The van der Waals surface area contributed by atoms with Crippen LogP contribution in [0.25, 0.3) is 0 Å². The molecule has 0 aliphatic heterocycles. The lowest BCUT2D eigenvalue weighted by Gasteiger charge is -2.35. The Kier molecular flexibility index (Phi) is 4.76. The molecular formula is C16H23FN2O. The smallest absolute Gasteiger partial charge is 0.224 e. The van der Waals surface area contributed by atoms with E-state index in [1.807, 2.05) is 13.8 Å². The molecule has 1 saturated carbocycles. The Labute approximate surface area is 119 Å². The summed E-state index contributed by atoms with van der Waals surface area (Å²) in [7, 11) is 0. The van der Waals surface area contributed by atoms with Crippen LogP contribution in [0.1, 0.15) is 44.7 Å². The third kappa shape index (κ3) is 3.37. The molecule has 4 heteroatoms. The lowest BCUT2D eigenvalue weighted by atomic mass is 9.77. The number of rotatable bonds is 5. The summed E-state index contributed by atoms with van der Waals surface area (Å²) in [5.41, 5.74) is 6.76. The van der Waals surface area contributed by atoms with Gasteiger partial charge in [0.2, 0.25) is 5.91 Å². The van der Waals surface area contributed by atoms with Crippen LogP contribution >= 0.6 is 0 Å². The van der Waals surface area contributed by atoms with E-state index < -0.39 is 0 Å². The molecule has 0 heterocycles. The summed E-state index contributed by atoms with van der Waals surface area (Å²) < 4.78 is 13.0. The molecule has 20 heavy (non-hydrogen) atoms. The largest absolute Gasteiger partial charge is 0.349 e. The Morgan fingerprint density at radius 2 is 1.90 bits per heavy atom. The monoisotopic (exact) mass is 278 g/mol. The minimum atomic E-state index is -0.253. The van der Waals surface area contributed by atoms with Crippen LogP contribution < -0.4 is 11.1 Å². The van der Waals surface area contributed by atoms with Crippen LogP contribution in [-0.4, -0.2) is 11.9 Å². The molecule has 1 aliphatic carbocycles. The highest BCUT2D eigenvalue weighted by atomic mass is 19.1. The van der Waals surface area contributed by atoms with Gasteiger partial charge in [-0.3, -0.25) is 4.79 Å². The van der Waals surface area contributed by atoms with Gasteiger partial charge in [-0.1, -0.05) is 25.5 Å². The zero-order valence-corrected chi connectivity index (χ0v) is 12.1. The van der Waals surface area contributed by atoms with E-state index in [2.05, 4.69) is 5.32 Å². The van der Waals surface area contributed by atoms with Crippen molar-refractivity contribution in [3.63, 3.8) is 0 Å². The standard InChI is InChI=1S/C16H23FN2O/c1-10(11(2)18)16(20)19-15(12-4-3-5-12)13-6-8-14(17)9-7-13/h6-12,15H,3-5,18H2,1-2H3,(H,19,20). The fourth-order valence-electron chi connectivity index (χ4n) is 2.44. The fourth-order valence-corrected chi connectivity index (χ4v) is 2.44. The lowest BCUT2D eigenvalue weighted by molar-refractivity contribution is -0.126. The quantitative estimate of drug-likeness (QED) is 0.870. The third-order valence-electron chi connectivity index (χ3n) is 4.35. The summed E-state index contributed by atoms with van der Waals surface area (Å²) in [6.45, 7) is 3.67. The van der Waals surface area contributed by atoms with E-state index in [4.69, 9.17) is 5.73 Å². The molecule has 3 N–H and O–H groups in total. The normalized spacial score (nSPS) is 19.8. The number of hydrogen-bond donors (Lipinski definition) is 2. The van der Waals surface area contributed by atoms with Crippen LogP contribution in [0.2, 0.25) is 0 Å². The molecule has 1 fully saturated rings. The molecule has 0 bridgehead atoms. The first-order valence-corrected chi connectivity index (χ1v) is 7.30. The summed E-state index contributed by atoms with van der Waals surface area (Å²) >= 11 is 0. The van der Waals surface area contributed by atoms with Crippen LogP contribution in [0.5, 0.6) is 0 Å². The Hall–Kier alpha value is -1.42. The van der Waals surface area contributed by atoms with Gasteiger partial charge in [-0.2, -0.15) is 0 Å². The predicted molar refractivity (Wildman–Crippen MR) is 77.4 cm³/mol. The molecule has 3 unspecified atom stereocenters. The number of amides is 1. The summed E-state index contributed by atoms with van der Waals surface area (Å²) in [4.78, 5) is 12.2. The summed E-state index contributed by atoms with van der Waals surface area (Å²) in [6.07, 6.45) is 3.41. The van der Waals surface area contributed by atoms with Gasteiger partial charge in [0.25, 0.3) is 0 Å². The van der Waals surface area contributed by atoms with Crippen LogP contribution in [0.3, 0.4) is 0 Å². The molecule has 2 rings (SSSR count). The summed E-state index contributed by atoms with van der Waals surface area (Å²) in [6, 6.07) is 6.21. The average molecular weight is 278 g/mol. The fraction of sp³-hybridized carbons (Fsp3) is 0.562. The van der Waals surface area contributed by atoms with Crippen molar-refractivity contribution < 1.29 is 9.18 Å². The van der Waals surface area contributed by atoms with Gasteiger partial charge in [0.15, 0.2) is 0 Å². The van der Waals surface area contributed by atoms with Gasteiger partial charge in [0, 0.05) is 12.0 Å². The molecule has 1 amide bonds. The highest BCUT2D eigenvalue weighted by molar-refractivity contribution is 5.79. The maximum absolute atomic E-state index is 13.0. The number of nitrogens with two attached hydrogens (primary N) is 1. The number of hydrogen-bond acceptors (Lipinski definition) is 2. The van der Waals surface area contributed by atoms with Crippen LogP contribution in [0.4, 0.5) is 4.39 Å². The second-order valence-electron chi connectivity index (χ2n) is 5.88. The van der Waals surface area contributed by atoms with Gasteiger partial charge in [0.05, 0.1) is 6.04 Å². The van der Waals surface area contributed by atoms with Gasteiger partial charge < -0.3 is 11.1 Å². The maximum atomic E-state index is 13.0. The second-order valence-corrected chi connectivity index (χ2v) is 5.88. The number of carbonyl (C=O) groups is 1. The minimum Gasteiger partial charge on any atom is -0.349 e. The van der Waals surface area contributed by atoms with Gasteiger partial charge in [-0.15, -0.1) is 0 Å². The summed E-state index contributed by atoms with van der Waals surface area (Å²) in [5, 5.41) is 3.09. The van der Waals surface area contributed by atoms with E-state index in [1.165, 1.54) is 18.6 Å². The first-order valence-electron chi connectivity index (χ1n) is 7.30. The number of carbonyl (C=O) groups excluding carboxylic acids is 1. The molecule has 1 aromatic carbocycles. The van der Waals surface area contributed by atoms with Gasteiger partial charge >= 0.3 is 0 Å². The molecule has 0 saturated heterocycles. The van der Waals surface area contributed by atoms with Crippen LogP contribution in [-0.2, 0) is 4.79 Å². The number of nitrogens with one attached hydrogen (secondary N) is 1. The van der Waals surface area contributed by atoms with Crippen molar-refractivity contribution in [3.05, 3.63) is 35.6 Å². The van der Waals surface area contributed by atoms with E-state index in [0.717, 1.165) is 18.4 Å². The highest BCUT2D eigenvalue weighted by Gasteiger charge is 2.31. The van der Waals surface area contributed by atoms with Gasteiger partial charge in [-0.05, 0) is 43.4 Å². The van der Waals surface area contributed by atoms with Crippen molar-refractivity contribution in [3.8, 4) is 0 Å². The van der Waals surface area contributed by atoms with Gasteiger partial charge in [0.1, 0.15) is 5.82 Å². The number of halogens is 1. The van der Waals surface area contributed by atoms with E-state index in [0.29, 0.717) is 5.92 Å². The topological polar surface area (TPSA) is 55.1 Å². The molecule has 3 atom stereocenters. The van der Waals surface area contributed by atoms with Crippen LogP contribution in [0, 0.1) is 17.7 Å². The minimum absolute atomic E-state index is 0.0266. The zero-order valence-electron chi connectivity index (χ0n) is 12.1. The van der Waals surface area contributed by atoms with E-state index >= 15 is 0 Å². The van der Waals surface area contributed by atoms with Crippen molar-refractivity contribution in [2.24, 2.45) is 17.6 Å². The molecule has 0 radical (unpaired) electrons. The Bertz CT molecular complexity index is 454. The molecule has 3 nitrogen and oxygen atoms in total. The van der Waals surface area contributed by atoms with Crippen molar-refractivity contribution in [2.75, 3.05) is 0 Å². The van der Waals surface area contributed by atoms with Crippen molar-refractivity contribution in [1.29, 1.82) is 0 Å². The number of benzene rings is 1. The first-order chi connectivity index (χ1) is 9.49. The molecule has 110 valence electrons. The summed E-state index contributed by atoms with van der Waals surface area (Å²) in [5.74, 6) is -0.0553. The Balaban J connectivity index is 2.12. The van der Waals surface area contributed by atoms with Crippen molar-refractivity contribution in [2.45, 2.75) is 45.2 Å². The lowest BCUT2D eigenvalue weighted by Crippen LogP contribution is -2.43. The van der Waals surface area contributed by atoms with E-state index in [1.54, 1.807) is 12.1 Å². The SMILES string of the molecule is CC(N)C(C)C(=O)NC(c1ccc(F)cc1)C1CCC1. The van der Waals surface area contributed by atoms with E-state index in [-0.39, 0.29) is 29.7 Å². The van der Waals surface area contributed by atoms with E-state index in [9.17, 15) is 9.18 Å². The molecule has 0 spiro atoms. The maximum Gasteiger partial charge on any atom is 0.224 e.